The van der Waals surface area contributed by atoms with E-state index in [4.69, 9.17) is 17.9 Å². The quantitative estimate of drug-likeness (QED) is 0.356. The van der Waals surface area contributed by atoms with Crippen molar-refractivity contribution < 1.29 is 47.2 Å². The molecule has 12 heteroatoms. The van der Waals surface area contributed by atoms with Gasteiger partial charge in [0.25, 0.3) is 0 Å². The van der Waals surface area contributed by atoms with Crippen LogP contribution in [0, 0.1) is 5.41 Å². The van der Waals surface area contributed by atoms with Crippen LogP contribution in [0.25, 0.3) is 0 Å². The van der Waals surface area contributed by atoms with Gasteiger partial charge in [-0.25, -0.2) is 9.13 Å². The van der Waals surface area contributed by atoms with Crippen molar-refractivity contribution in [3.63, 3.8) is 0 Å². The van der Waals surface area contributed by atoms with E-state index < -0.39 is 47.5 Å². The minimum atomic E-state index is -4.98. The number of aliphatic hydroxyl groups excluding tert-OH is 3. The van der Waals surface area contributed by atoms with Gasteiger partial charge in [0.1, 0.15) is 11.5 Å². The number of benzene rings is 2. The van der Waals surface area contributed by atoms with Crippen molar-refractivity contribution >= 4 is 15.6 Å². The van der Waals surface area contributed by atoms with E-state index in [-0.39, 0.29) is 11.5 Å². The molecule has 2 aromatic rings. The molecule has 0 radical (unpaired) electrons. The van der Waals surface area contributed by atoms with Gasteiger partial charge in [-0.3, -0.25) is 9.42 Å². The van der Waals surface area contributed by atoms with Crippen molar-refractivity contribution in [3.8, 4) is 11.5 Å². The summed E-state index contributed by atoms with van der Waals surface area (Å²) in [6, 6.07) is 15.1. The molecule has 10 nitrogen and oxygen atoms in total. The predicted octanol–water partition coefficient (Wildman–Crippen LogP) is 2.35. The SMILES string of the molecule is O=P(O)(Oc1ccccc1)OP(=O)(OCC(CO)(CO)CO)Oc1ccccc1. The second-order valence-corrected chi connectivity index (χ2v) is 9.16. The summed E-state index contributed by atoms with van der Waals surface area (Å²) in [6.45, 7) is -2.86. The number of rotatable bonds is 12. The Morgan fingerprint density at radius 3 is 1.66 bits per heavy atom. The lowest BCUT2D eigenvalue weighted by atomic mass is 9.93. The Bertz CT molecular complexity index is 834. The molecule has 0 heterocycles. The van der Waals surface area contributed by atoms with Crippen LogP contribution in [0.4, 0.5) is 0 Å². The van der Waals surface area contributed by atoms with E-state index in [0.717, 1.165) is 0 Å². The van der Waals surface area contributed by atoms with Crippen LogP contribution in [-0.2, 0) is 18.0 Å². The van der Waals surface area contributed by atoms with Crippen LogP contribution in [0.15, 0.2) is 60.7 Å². The van der Waals surface area contributed by atoms with Crippen LogP contribution < -0.4 is 9.05 Å². The molecule has 0 saturated heterocycles. The third-order valence-corrected chi connectivity index (χ3v) is 6.61. The third kappa shape index (κ3) is 7.22. The van der Waals surface area contributed by atoms with E-state index in [9.17, 15) is 29.3 Å². The molecular formula is C17H22O10P2. The molecule has 2 rings (SSSR count). The average molecular weight is 448 g/mol. The van der Waals surface area contributed by atoms with Gasteiger partial charge in [0, 0.05) is 0 Å². The number of phosphoric acid groups is 2. The summed E-state index contributed by atoms with van der Waals surface area (Å²) in [7, 11) is -9.79. The van der Waals surface area contributed by atoms with Crippen LogP contribution in [-0.4, -0.2) is 46.6 Å². The van der Waals surface area contributed by atoms with Crippen molar-refractivity contribution in [2.45, 2.75) is 0 Å². The minimum absolute atomic E-state index is 0.00172. The smallest absolute Gasteiger partial charge is 0.404 e. The highest BCUT2D eigenvalue weighted by molar-refractivity contribution is 7.62. The highest BCUT2D eigenvalue weighted by Crippen LogP contribution is 2.63. The Labute approximate surface area is 167 Å². The van der Waals surface area contributed by atoms with Gasteiger partial charge >= 0.3 is 15.6 Å². The summed E-state index contributed by atoms with van der Waals surface area (Å²) < 4.78 is 45.2. The molecule has 0 aliphatic heterocycles. The van der Waals surface area contributed by atoms with Gasteiger partial charge < -0.3 is 24.4 Å². The first-order chi connectivity index (χ1) is 13.8. The zero-order valence-corrected chi connectivity index (χ0v) is 17.0. The molecular weight excluding hydrogens is 426 g/mol. The van der Waals surface area contributed by atoms with E-state index in [1.165, 1.54) is 24.3 Å². The molecule has 4 N–H and O–H groups in total. The first-order valence-corrected chi connectivity index (χ1v) is 11.3. The van der Waals surface area contributed by atoms with Crippen LogP contribution in [0.2, 0.25) is 0 Å². The molecule has 0 fully saturated rings. The van der Waals surface area contributed by atoms with Crippen LogP contribution >= 0.6 is 15.6 Å². The second kappa shape index (κ2) is 10.3. The number of aliphatic hydroxyl groups is 3. The summed E-state index contributed by atoms with van der Waals surface area (Å²) in [4.78, 5) is 10.0. The standard InChI is InChI=1S/C17H22O10P2/c18-11-17(12-19,13-20)14-24-29(23,26-16-9-5-2-6-10-16)27-28(21,22)25-15-7-3-1-4-8-15/h1-10,18-20H,11-14H2,(H,21,22). The summed E-state index contributed by atoms with van der Waals surface area (Å²) in [5.74, 6) is -0.0295. The average Bonchev–Trinajstić information content (AvgIpc) is 2.70. The Kier molecular flexibility index (Phi) is 8.39. The van der Waals surface area contributed by atoms with Gasteiger partial charge in [-0.1, -0.05) is 36.4 Å². The van der Waals surface area contributed by atoms with Gasteiger partial charge in [-0.05, 0) is 24.3 Å². The Morgan fingerprint density at radius 2 is 1.21 bits per heavy atom. The Morgan fingerprint density at radius 1 is 0.759 bits per heavy atom. The fraction of sp³-hybridized carbons (Fsp3) is 0.294. The Hall–Kier alpha value is -1.74. The van der Waals surface area contributed by atoms with Gasteiger partial charge in [-0.15, -0.1) is 0 Å². The minimum Gasteiger partial charge on any atom is -0.404 e. The zero-order chi connectivity index (χ0) is 21.4. The van der Waals surface area contributed by atoms with Crippen LogP contribution in [0.5, 0.6) is 11.5 Å². The zero-order valence-electron chi connectivity index (χ0n) is 15.2. The fourth-order valence-corrected chi connectivity index (χ4v) is 4.66. The largest absolute Gasteiger partial charge is 0.539 e. The van der Waals surface area contributed by atoms with Crippen molar-refractivity contribution in [2.24, 2.45) is 5.41 Å². The second-order valence-electron chi connectivity index (χ2n) is 6.05. The lowest BCUT2D eigenvalue weighted by molar-refractivity contribution is -0.0310. The van der Waals surface area contributed by atoms with E-state index >= 15 is 0 Å². The third-order valence-electron chi connectivity index (χ3n) is 3.66. The number of para-hydroxylation sites is 2. The van der Waals surface area contributed by atoms with Gasteiger partial charge in [0.2, 0.25) is 0 Å². The van der Waals surface area contributed by atoms with Gasteiger partial charge in [0.05, 0.1) is 31.8 Å². The molecule has 0 saturated carbocycles. The van der Waals surface area contributed by atoms with Gasteiger partial charge in [-0.2, -0.15) is 4.31 Å². The topological polar surface area (TPSA) is 152 Å². The van der Waals surface area contributed by atoms with Crippen molar-refractivity contribution in [2.75, 3.05) is 26.4 Å². The first-order valence-electron chi connectivity index (χ1n) is 8.36. The maximum atomic E-state index is 13.1. The molecule has 0 aliphatic carbocycles. The molecule has 29 heavy (non-hydrogen) atoms. The molecule has 2 unspecified atom stereocenters. The highest BCUT2D eigenvalue weighted by atomic mass is 31.3. The highest BCUT2D eigenvalue weighted by Gasteiger charge is 2.43. The summed E-state index contributed by atoms with van der Waals surface area (Å²) in [5.41, 5.74) is -1.58. The van der Waals surface area contributed by atoms with Crippen LogP contribution in [0.3, 0.4) is 0 Å². The number of hydrogen-bond donors (Lipinski definition) is 4. The summed E-state index contributed by atoms with van der Waals surface area (Å²) in [6.07, 6.45) is 0. The fourth-order valence-electron chi connectivity index (χ4n) is 1.94. The molecule has 2 atom stereocenters. The van der Waals surface area contributed by atoms with E-state index in [1.807, 2.05) is 0 Å². The van der Waals surface area contributed by atoms with Crippen LogP contribution in [0.1, 0.15) is 0 Å². The van der Waals surface area contributed by atoms with E-state index in [0.29, 0.717) is 0 Å². The van der Waals surface area contributed by atoms with Crippen molar-refractivity contribution in [1.29, 1.82) is 0 Å². The van der Waals surface area contributed by atoms with Crippen molar-refractivity contribution in [3.05, 3.63) is 60.7 Å². The molecule has 160 valence electrons. The van der Waals surface area contributed by atoms with E-state index in [2.05, 4.69) is 0 Å². The van der Waals surface area contributed by atoms with Gasteiger partial charge in [0.15, 0.2) is 0 Å². The summed E-state index contributed by atoms with van der Waals surface area (Å²) >= 11 is 0. The number of phosphoric ester groups is 2. The molecule has 0 amide bonds. The predicted molar refractivity (Wildman–Crippen MR) is 102 cm³/mol. The lowest BCUT2D eigenvalue weighted by Gasteiger charge is -2.29. The molecule has 0 bridgehead atoms. The monoisotopic (exact) mass is 448 g/mol. The first kappa shape index (κ1) is 23.5. The molecule has 0 aromatic heterocycles. The maximum absolute atomic E-state index is 13.1. The van der Waals surface area contributed by atoms with E-state index in [1.54, 1.807) is 36.4 Å². The number of hydrogen-bond acceptors (Lipinski definition) is 9. The van der Waals surface area contributed by atoms with Crippen molar-refractivity contribution in [1.82, 2.24) is 0 Å². The summed E-state index contributed by atoms with van der Waals surface area (Å²) in [5, 5.41) is 28.2. The molecule has 0 aliphatic rings. The maximum Gasteiger partial charge on any atom is 0.539 e. The molecule has 2 aromatic carbocycles. The lowest BCUT2D eigenvalue weighted by Crippen LogP contribution is -2.38. The Balaban J connectivity index is 2.23. The molecule has 0 spiro atoms. The normalized spacial score (nSPS) is 15.9.